The molecule has 3 heterocycles. The van der Waals surface area contributed by atoms with Gasteiger partial charge in [-0.1, -0.05) is 6.07 Å². The van der Waals surface area contributed by atoms with Crippen molar-refractivity contribution in [1.29, 1.82) is 5.26 Å². The molecular formula is C23H21N7S. The molecule has 0 bridgehead atoms. The Balaban J connectivity index is 1.29. The summed E-state index contributed by atoms with van der Waals surface area (Å²) in [5, 5.41) is 13.8. The molecule has 1 aromatic carbocycles. The summed E-state index contributed by atoms with van der Waals surface area (Å²) in [6, 6.07) is 14.6. The van der Waals surface area contributed by atoms with Crippen LogP contribution in [0.25, 0.3) is 22.3 Å². The summed E-state index contributed by atoms with van der Waals surface area (Å²) in [5.74, 6) is 0.739. The number of fused-ring (bicyclic) bond motifs is 1. The average Bonchev–Trinajstić information content (AvgIpc) is 3.24. The molecule has 1 aliphatic carbocycles. The van der Waals surface area contributed by atoms with Gasteiger partial charge in [0.2, 0.25) is 0 Å². The topological polar surface area (TPSA) is 102 Å². The molecule has 0 spiro atoms. The van der Waals surface area contributed by atoms with E-state index in [1.807, 2.05) is 49.6 Å². The van der Waals surface area contributed by atoms with Gasteiger partial charge in [-0.2, -0.15) is 5.26 Å². The molecule has 3 N–H and O–H groups in total. The number of H-pyrrole nitrogens is 1. The number of benzene rings is 1. The van der Waals surface area contributed by atoms with E-state index in [2.05, 4.69) is 42.1 Å². The minimum Gasteiger partial charge on any atom is -0.381 e. The van der Waals surface area contributed by atoms with E-state index in [0.717, 1.165) is 51.5 Å². The van der Waals surface area contributed by atoms with E-state index in [0.29, 0.717) is 17.6 Å². The van der Waals surface area contributed by atoms with Gasteiger partial charge in [0.05, 0.1) is 23.0 Å². The molecule has 0 amide bonds. The zero-order chi connectivity index (χ0) is 21.2. The van der Waals surface area contributed by atoms with Crippen LogP contribution in [-0.4, -0.2) is 32.0 Å². The van der Waals surface area contributed by atoms with Gasteiger partial charge in [-0.25, -0.2) is 15.0 Å². The number of anilines is 1. The first-order valence-corrected chi connectivity index (χ1v) is 11.0. The lowest BCUT2D eigenvalue weighted by atomic mass is 9.87. The Morgan fingerprint density at radius 1 is 1.16 bits per heavy atom. The zero-order valence-electron chi connectivity index (χ0n) is 17.0. The highest BCUT2D eigenvalue weighted by Crippen LogP contribution is 2.36. The first kappa shape index (κ1) is 19.5. The third-order valence-corrected chi connectivity index (χ3v) is 6.37. The monoisotopic (exact) mass is 427 g/mol. The van der Waals surface area contributed by atoms with E-state index < -0.39 is 0 Å². The maximum Gasteiger partial charge on any atom is 0.139 e. The Bertz CT molecular complexity index is 1270. The van der Waals surface area contributed by atoms with Crippen LogP contribution in [0.15, 0.2) is 59.9 Å². The van der Waals surface area contributed by atoms with Gasteiger partial charge in [0, 0.05) is 46.5 Å². The second-order valence-electron chi connectivity index (χ2n) is 7.65. The molecule has 31 heavy (non-hydrogen) atoms. The fourth-order valence-corrected chi connectivity index (χ4v) is 4.61. The summed E-state index contributed by atoms with van der Waals surface area (Å²) in [7, 11) is 0. The fourth-order valence-electron chi connectivity index (χ4n) is 3.78. The number of aromatic nitrogens is 4. The minimum atomic E-state index is 0.366. The summed E-state index contributed by atoms with van der Waals surface area (Å²) in [4.78, 5) is 17.6. The summed E-state index contributed by atoms with van der Waals surface area (Å²) in [6.45, 7) is 1.89. The van der Waals surface area contributed by atoms with Crippen molar-refractivity contribution in [2.75, 3.05) is 5.32 Å². The molecule has 1 aliphatic rings. The van der Waals surface area contributed by atoms with Gasteiger partial charge < -0.3 is 10.3 Å². The molecule has 0 unspecified atom stereocenters. The Morgan fingerprint density at radius 3 is 2.90 bits per heavy atom. The summed E-state index contributed by atoms with van der Waals surface area (Å²) < 4.78 is 3.52. The maximum absolute atomic E-state index is 9.05. The largest absolute Gasteiger partial charge is 0.381 e. The number of nitrogens with zero attached hydrogens (tertiary/aromatic N) is 4. The van der Waals surface area contributed by atoms with Gasteiger partial charge in [0.15, 0.2) is 0 Å². The number of hydrogen-bond donors (Lipinski definition) is 3. The van der Waals surface area contributed by atoms with Crippen LogP contribution in [0.4, 0.5) is 5.69 Å². The van der Waals surface area contributed by atoms with Crippen molar-refractivity contribution in [1.82, 2.24) is 24.7 Å². The second kappa shape index (κ2) is 8.38. The van der Waals surface area contributed by atoms with Crippen molar-refractivity contribution >= 4 is 28.7 Å². The van der Waals surface area contributed by atoms with E-state index in [9.17, 15) is 0 Å². The molecule has 0 aliphatic heterocycles. The highest BCUT2D eigenvalue weighted by Gasteiger charge is 2.30. The van der Waals surface area contributed by atoms with Crippen molar-refractivity contribution in [3.63, 3.8) is 0 Å². The van der Waals surface area contributed by atoms with Crippen molar-refractivity contribution in [2.45, 2.75) is 36.7 Å². The lowest BCUT2D eigenvalue weighted by Crippen LogP contribution is -2.45. The van der Waals surface area contributed by atoms with Crippen LogP contribution in [-0.2, 0) is 0 Å². The number of rotatable bonds is 6. The maximum atomic E-state index is 9.05. The summed E-state index contributed by atoms with van der Waals surface area (Å²) >= 11 is 1.59. The van der Waals surface area contributed by atoms with Crippen molar-refractivity contribution < 1.29 is 0 Å². The van der Waals surface area contributed by atoms with Crippen LogP contribution in [0.1, 0.15) is 24.2 Å². The number of nitriles is 1. The third kappa shape index (κ3) is 4.10. The first-order chi connectivity index (χ1) is 15.2. The van der Waals surface area contributed by atoms with Gasteiger partial charge >= 0.3 is 0 Å². The van der Waals surface area contributed by atoms with Gasteiger partial charge in [-0.3, -0.25) is 4.72 Å². The van der Waals surface area contributed by atoms with Gasteiger partial charge in [0.25, 0.3) is 0 Å². The van der Waals surface area contributed by atoms with Crippen molar-refractivity contribution in [3.05, 3.63) is 66.4 Å². The standard InChI is InChI=1S/C23H21N7S/c1-14-25-8-6-21(28-14)20-13-27-23-19(5-7-26-23)22(20)29-16-10-17(11-16)30-31-18-4-2-3-15(9-18)12-24/h2-9,13,16-17,30H,10-11H2,1H3,(H2,26,27,29). The van der Waals surface area contributed by atoms with E-state index in [1.165, 1.54) is 0 Å². The Kier molecular flexibility index (Phi) is 5.28. The lowest BCUT2D eigenvalue weighted by molar-refractivity contribution is 0.355. The van der Waals surface area contributed by atoms with E-state index in [4.69, 9.17) is 5.26 Å². The molecule has 4 aromatic rings. The van der Waals surface area contributed by atoms with Crippen molar-refractivity contribution in [3.8, 4) is 17.3 Å². The molecule has 0 atom stereocenters. The van der Waals surface area contributed by atoms with Crippen LogP contribution in [0.3, 0.4) is 0 Å². The average molecular weight is 428 g/mol. The number of aromatic amines is 1. The summed E-state index contributed by atoms with van der Waals surface area (Å²) in [5.41, 5.74) is 4.45. The number of nitrogens with one attached hydrogen (secondary N) is 3. The predicted molar refractivity (Wildman–Crippen MR) is 122 cm³/mol. The van der Waals surface area contributed by atoms with Gasteiger partial charge in [-0.15, -0.1) is 0 Å². The van der Waals surface area contributed by atoms with Crippen molar-refractivity contribution in [2.24, 2.45) is 0 Å². The van der Waals surface area contributed by atoms with Gasteiger partial charge in [0.1, 0.15) is 11.5 Å². The first-order valence-electron chi connectivity index (χ1n) is 10.1. The third-order valence-electron chi connectivity index (χ3n) is 5.43. The smallest absolute Gasteiger partial charge is 0.139 e. The molecule has 154 valence electrons. The van der Waals surface area contributed by atoms with Crippen LogP contribution in [0.5, 0.6) is 0 Å². The van der Waals surface area contributed by atoms with Crippen LogP contribution in [0, 0.1) is 18.3 Å². The van der Waals surface area contributed by atoms with E-state index in [1.54, 1.807) is 18.1 Å². The van der Waals surface area contributed by atoms with Gasteiger partial charge in [-0.05, 0) is 62.0 Å². The molecule has 7 nitrogen and oxygen atoms in total. The molecule has 8 heteroatoms. The molecule has 0 saturated heterocycles. The summed E-state index contributed by atoms with van der Waals surface area (Å²) in [6.07, 6.45) is 7.60. The lowest BCUT2D eigenvalue weighted by Gasteiger charge is -2.37. The van der Waals surface area contributed by atoms with Crippen LogP contribution >= 0.6 is 11.9 Å². The second-order valence-corrected chi connectivity index (χ2v) is 8.56. The number of aryl methyl sites for hydroxylation is 1. The molecular weight excluding hydrogens is 406 g/mol. The number of pyridine rings is 1. The molecule has 0 radical (unpaired) electrons. The van der Waals surface area contributed by atoms with E-state index in [-0.39, 0.29) is 0 Å². The highest BCUT2D eigenvalue weighted by atomic mass is 32.2. The highest BCUT2D eigenvalue weighted by molar-refractivity contribution is 7.97. The quantitative estimate of drug-likeness (QED) is 0.391. The normalized spacial score (nSPS) is 17.8. The molecule has 3 aromatic heterocycles. The fraction of sp³-hybridized carbons (Fsp3) is 0.217. The Labute approximate surface area is 184 Å². The van der Waals surface area contributed by atoms with Crippen LogP contribution < -0.4 is 10.0 Å². The zero-order valence-corrected chi connectivity index (χ0v) is 17.8. The Morgan fingerprint density at radius 2 is 2.06 bits per heavy atom. The number of hydrogen-bond acceptors (Lipinski definition) is 7. The molecule has 1 saturated carbocycles. The SMILES string of the molecule is Cc1nccc(-c2cnc3[nH]ccc3c2NC2CC(NSc3cccc(C#N)c3)C2)n1. The van der Waals surface area contributed by atoms with E-state index >= 15 is 0 Å². The Hall–Kier alpha value is -3.41. The minimum absolute atomic E-state index is 0.366. The molecule has 1 fully saturated rings. The van der Waals surface area contributed by atoms with Crippen LogP contribution in [0.2, 0.25) is 0 Å². The predicted octanol–water partition coefficient (Wildman–Crippen LogP) is 4.44. The molecule has 5 rings (SSSR count).